The van der Waals surface area contributed by atoms with Gasteiger partial charge in [-0.25, -0.2) is 0 Å². The molecule has 0 N–H and O–H groups in total. The van der Waals surface area contributed by atoms with Gasteiger partial charge in [0.15, 0.2) is 0 Å². The second-order valence-electron chi connectivity index (χ2n) is 12.2. The molecule has 0 spiro atoms. The van der Waals surface area contributed by atoms with Crippen LogP contribution in [0.5, 0.6) is 0 Å². The lowest BCUT2D eigenvalue weighted by Gasteiger charge is -2.53. The second kappa shape index (κ2) is 11.4. The molecule has 5 fully saturated rings. The highest BCUT2D eigenvalue weighted by molar-refractivity contribution is 5.32. The first kappa shape index (κ1) is 24.6. The van der Waals surface area contributed by atoms with Crippen molar-refractivity contribution in [2.24, 2.45) is 0 Å². The van der Waals surface area contributed by atoms with Crippen LogP contribution in [0.3, 0.4) is 0 Å². The molecule has 7 rings (SSSR count). The van der Waals surface area contributed by atoms with Gasteiger partial charge in [0.2, 0.25) is 0 Å². The van der Waals surface area contributed by atoms with Gasteiger partial charge in [-0.15, -0.1) is 0 Å². The summed E-state index contributed by atoms with van der Waals surface area (Å²) in [5.74, 6) is 1.23. The SMILES string of the molecule is c1ccc(C2CC3(N4CCCCC4)CCN(CCCN4CCCCC4)C2C(c2ccccc2)C3)cc1. The summed E-state index contributed by atoms with van der Waals surface area (Å²) >= 11 is 0. The van der Waals surface area contributed by atoms with E-state index in [0.29, 0.717) is 23.4 Å². The third kappa shape index (κ3) is 5.17. The van der Waals surface area contributed by atoms with Crippen LogP contribution in [0.15, 0.2) is 60.7 Å². The zero-order valence-corrected chi connectivity index (χ0v) is 22.4. The summed E-state index contributed by atoms with van der Waals surface area (Å²) < 4.78 is 0. The molecule has 2 unspecified atom stereocenters. The molecule has 4 aliphatic heterocycles. The number of nitrogens with zero attached hydrogens (tertiary/aromatic N) is 3. The molecule has 0 aromatic heterocycles. The van der Waals surface area contributed by atoms with E-state index in [-0.39, 0.29) is 0 Å². The van der Waals surface area contributed by atoms with Crippen LogP contribution < -0.4 is 0 Å². The summed E-state index contributed by atoms with van der Waals surface area (Å²) in [5, 5.41) is 0. The van der Waals surface area contributed by atoms with Crippen molar-refractivity contribution in [2.45, 2.75) is 87.6 Å². The number of fused-ring (bicyclic) bond motifs is 4. The molecule has 0 amide bonds. The number of hydrogen-bond donors (Lipinski definition) is 0. The fourth-order valence-electron chi connectivity index (χ4n) is 8.39. The molecule has 4 heterocycles. The summed E-state index contributed by atoms with van der Waals surface area (Å²) in [5.41, 5.74) is 3.50. The van der Waals surface area contributed by atoms with Gasteiger partial charge in [-0.3, -0.25) is 9.80 Å². The van der Waals surface area contributed by atoms with Crippen molar-refractivity contribution < 1.29 is 0 Å². The van der Waals surface area contributed by atoms with Crippen molar-refractivity contribution in [1.29, 1.82) is 0 Å². The molecule has 2 bridgehead atoms. The van der Waals surface area contributed by atoms with Gasteiger partial charge in [-0.1, -0.05) is 73.5 Å². The summed E-state index contributed by atoms with van der Waals surface area (Å²) in [6, 6.07) is 23.8. The molecule has 194 valence electrons. The number of rotatable bonds is 7. The molecule has 1 saturated carbocycles. The standard InChI is InChI=1S/C33H47N3/c1-5-14-28(15-6-1)30-26-33(36-23-11-4-12-24-36)18-25-35(22-13-21-34-19-9-3-10-20-34)32(30)31(27-33)29-16-7-2-8-17-29/h1-2,5-8,14-17,30-32H,3-4,9-13,18-27H2. The minimum absolute atomic E-state index is 0.347. The molecule has 3 heteroatoms. The fraction of sp³-hybridized carbons (Fsp3) is 0.636. The number of benzene rings is 2. The summed E-state index contributed by atoms with van der Waals surface area (Å²) in [6.45, 7) is 9.07. The third-order valence-electron chi connectivity index (χ3n) is 10.2. The van der Waals surface area contributed by atoms with Crippen molar-refractivity contribution in [3.63, 3.8) is 0 Å². The van der Waals surface area contributed by atoms with E-state index in [1.807, 2.05) is 0 Å². The Balaban J connectivity index is 1.33. The maximum atomic E-state index is 2.97. The lowest BCUT2D eigenvalue weighted by molar-refractivity contribution is 0.0160. The van der Waals surface area contributed by atoms with Gasteiger partial charge in [0.25, 0.3) is 0 Å². The van der Waals surface area contributed by atoms with Crippen LogP contribution in [-0.4, -0.2) is 72.1 Å². The van der Waals surface area contributed by atoms with E-state index in [2.05, 4.69) is 75.4 Å². The highest BCUT2D eigenvalue weighted by Crippen LogP contribution is 2.54. The van der Waals surface area contributed by atoms with Gasteiger partial charge in [-0.05, 0) is 102 Å². The minimum Gasteiger partial charge on any atom is -0.303 e. The van der Waals surface area contributed by atoms with Crippen molar-refractivity contribution in [3.8, 4) is 0 Å². The maximum Gasteiger partial charge on any atom is 0.0234 e. The predicted octanol–water partition coefficient (Wildman–Crippen LogP) is 6.52. The largest absolute Gasteiger partial charge is 0.303 e. The Morgan fingerprint density at radius 2 is 1.17 bits per heavy atom. The molecule has 2 aromatic rings. The Hall–Kier alpha value is -1.68. The summed E-state index contributed by atoms with van der Waals surface area (Å²) in [4.78, 5) is 8.67. The third-order valence-corrected chi connectivity index (χ3v) is 10.2. The Morgan fingerprint density at radius 1 is 0.611 bits per heavy atom. The van der Waals surface area contributed by atoms with Crippen LogP contribution in [0.4, 0.5) is 0 Å². The molecule has 2 atom stereocenters. The Labute approximate surface area is 219 Å². The molecule has 5 aliphatic rings. The van der Waals surface area contributed by atoms with Gasteiger partial charge in [0.1, 0.15) is 0 Å². The highest BCUT2D eigenvalue weighted by atomic mass is 15.3. The first-order chi connectivity index (χ1) is 17.8. The van der Waals surface area contributed by atoms with Crippen LogP contribution in [0.1, 0.15) is 87.2 Å². The van der Waals surface area contributed by atoms with Crippen molar-refractivity contribution in [2.75, 3.05) is 45.8 Å². The molecule has 0 radical (unpaired) electrons. The quantitative estimate of drug-likeness (QED) is 0.442. The zero-order chi connectivity index (χ0) is 24.2. The number of likely N-dealkylation sites (tertiary alicyclic amines) is 2. The van der Waals surface area contributed by atoms with Crippen LogP contribution >= 0.6 is 0 Å². The van der Waals surface area contributed by atoms with E-state index in [9.17, 15) is 0 Å². The van der Waals surface area contributed by atoms with E-state index in [0.717, 1.165) is 0 Å². The normalized spacial score (nSPS) is 32.4. The number of piperidine rings is 2. The van der Waals surface area contributed by atoms with E-state index in [4.69, 9.17) is 0 Å². The minimum atomic E-state index is 0.347. The summed E-state index contributed by atoms with van der Waals surface area (Å²) in [7, 11) is 0. The van der Waals surface area contributed by atoms with Crippen LogP contribution in [0.25, 0.3) is 0 Å². The Kier molecular flexibility index (Phi) is 7.79. The zero-order valence-electron chi connectivity index (χ0n) is 22.4. The Bertz CT molecular complexity index is 882. The van der Waals surface area contributed by atoms with Crippen LogP contribution in [-0.2, 0) is 0 Å². The van der Waals surface area contributed by atoms with Gasteiger partial charge in [0, 0.05) is 30.0 Å². The lowest BCUT2D eigenvalue weighted by atomic mass is 9.63. The fourth-order valence-corrected chi connectivity index (χ4v) is 8.39. The van der Waals surface area contributed by atoms with E-state index in [1.165, 1.54) is 110 Å². The van der Waals surface area contributed by atoms with E-state index >= 15 is 0 Å². The van der Waals surface area contributed by atoms with Gasteiger partial charge in [-0.2, -0.15) is 0 Å². The van der Waals surface area contributed by atoms with Crippen molar-refractivity contribution >= 4 is 0 Å². The van der Waals surface area contributed by atoms with Gasteiger partial charge < -0.3 is 4.90 Å². The maximum absolute atomic E-state index is 2.97. The van der Waals surface area contributed by atoms with E-state index in [1.54, 1.807) is 11.1 Å². The van der Waals surface area contributed by atoms with Gasteiger partial charge in [0.05, 0.1) is 0 Å². The van der Waals surface area contributed by atoms with Crippen LogP contribution in [0.2, 0.25) is 0 Å². The molecule has 3 nitrogen and oxygen atoms in total. The smallest absolute Gasteiger partial charge is 0.0234 e. The second-order valence-corrected chi connectivity index (χ2v) is 12.2. The first-order valence-corrected chi connectivity index (χ1v) is 15.1. The molecule has 4 saturated heterocycles. The monoisotopic (exact) mass is 485 g/mol. The average Bonchev–Trinajstić information content (AvgIpc) is 3.23. The van der Waals surface area contributed by atoms with E-state index < -0.39 is 0 Å². The first-order valence-electron chi connectivity index (χ1n) is 15.1. The average molecular weight is 486 g/mol. The van der Waals surface area contributed by atoms with Crippen LogP contribution in [0, 0.1) is 0 Å². The molecule has 2 aromatic carbocycles. The molecular weight excluding hydrogens is 438 g/mol. The molecular formula is C33H47N3. The van der Waals surface area contributed by atoms with Gasteiger partial charge >= 0.3 is 0 Å². The highest BCUT2D eigenvalue weighted by Gasteiger charge is 2.53. The predicted molar refractivity (Wildman–Crippen MR) is 151 cm³/mol. The molecule has 1 aliphatic carbocycles. The topological polar surface area (TPSA) is 9.72 Å². The Morgan fingerprint density at radius 3 is 1.75 bits per heavy atom. The van der Waals surface area contributed by atoms with Crippen molar-refractivity contribution in [1.82, 2.24) is 14.7 Å². The van der Waals surface area contributed by atoms with Crippen molar-refractivity contribution in [3.05, 3.63) is 71.8 Å². The summed E-state index contributed by atoms with van der Waals surface area (Å²) in [6.07, 6.45) is 13.8. The lowest BCUT2D eigenvalue weighted by Crippen LogP contribution is -2.56. The number of hydrogen-bond acceptors (Lipinski definition) is 3. The molecule has 36 heavy (non-hydrogen) atoms.